The second-order valence-corrected chi connectivity index (χ2v) is 6.35. The number of nitrogens with zero attached hydrogens (tertiary/aromatic N) is 1. The molecule has 2 atom stereocenters. The van der Waals surface area contributed by atoms with Crippen LogP contribution in [-0.4, -0.2) is 34.7 Å². The van der Waals surface area contributed by atoms with E-state index in [1.807, 2.05) is 25.7 Å². The number of carbonyl (C=O) groups excluding carboxylic acids is 1. The highest BCUT2D eigenvalue weighted by Crippen LogP contribution is 2.35. The van der Waals surface area contributed by atoms with Gasteiger partial charge in [0, 0.05) is 18.1 Å². The minimum atomic E-state index is -0.412. The van der Waals surface area contributed by atoms with Crippen molar-refractivity contribution in [2.24, 2.45) is 5.73 Å². The van der Waals surface area contributed by atoms with E-state index in [4.69, 9.17) is 10.5 Å². The summed E-state index contributed by atoms with van der Waals surface area (Å²) in [6, 6.07) is 0.955. The lowest BCUT2D eigenvalue weighted by Crippen LogP contribution is -2.44. The lowest BCUT2D eigenvalue weighted by atomic mass is 10.2. The topological polar surface area (TPSA) is 55.6 Å². The fourth-order valence-electron chi connectivity index (χ4n) is 2.51. The number of hydrogen-bond donors (Lipinski definition) is 1. The highest BCUT2D eigenvalue weighted by Gasteiger charge is 2.41. The van der Waals surface area contributed by atoms with Crippen LogP contribution in [0.15, 0.2) is 0 Å². The van der Waals surface area contributed by atoms with Gasteiger partial charge in [0.25, 0.3) is 0 Å². The predicted octanol–water partition coefficient (Wildman–Crippen LogP) is 2.27. The summed E-state index contributed by atoms with van der Waals surface area (Å²) in [4.78, 5) is 14.2. The highest BCUT2D eigenvalue weighted by molar-refractivity contribution is 5.69. The van der Waals surface area contributed by atoms with Crippen LogP contribution < -0.4 is 5.73 Å². The number of carbonyl (C=O) groups is 1. The summed E-state index contributed by atoms with van der Waals surface area (Å²) in [6.07, 6.45) is 5.05. The molecule has 2 N–H and O–H groups in total. The van der Waals surface area contributed by atoms with Gasteiger partial charge in [0.2, 0.25) is 0 Å². The van der Waals surface area contributed by atoms with E-state index >= 15 is 0 Å². The van der Waals surface area contributed by atoms with Crippen molar-refractivity contribution in [2.45, 2.75) is 76.6 Å². The third-order valence-corrected chi connectivity index (χ3v) is 3.38. The first-order chi connectivity index (χ1) is 7.87. The van der Waals surface area contributed by atoms with Crippen molar-refractivity contribution in [1.82, 2.24) is 4.90 Å². The minimum absolute atomic E-state index is 0.154. The zero-order valence-electron chi connectivity index (χ0n) is 11.1. The Bertz CT molecular complexity index is 294. The van der Waals surface area contributed by atoms with E-state index in [9.17, 15) is 4.79 Å². The molecule has 0 saturated heterocycles. The van der Waals surface area contributed by atoms with Crippen LogP contribution in [0.3, 0.4) is 0 Å². The average Bonchev–Trinajstić information content (AvgIpc) is 2.87. The maximum Gasteiger partial charge on any atom is 0.410 e. The summed E-state index contributed by atoms with van der Waals surface area (Å²) < 4.78 is 5.49. The van der Waals surface area contributed by atoms with Gasteiger partial charge in [-0.15, -0.1) is 0 Å². The van der Waals surface area contributed by atoms with E-state index in [1.54, 1.807) is 0 Å². The predicted molar refractivity (Wildman–Crippen MR) is 66.7 cm³/mol. The summed E-state index contributed by atoms with van der Waals surface area (Å²) >= 11 is 0. The van der Waals surface area contributed by atoms with Crippen LogP contribution in [-0.2, 0) is 4.74 Å². The Morgan fingerprint density at radius 3 is 2.18 bits per heavy atom. The fourth-order valence-corrected chi connectivity index (χ4v) is 2.51. The number of amides is 1. The first kappa shape index (κ1) is 12.7. The number of rotatable bonds is 2. The summed E-state index contributed by atoms with van der Waals surface area (Å²) in [7, 11) is 0. The van der Waals surface area contributed by atoms with Crippen molar-refractivity contribution in [1.29, 1.82) is 0 Å². The van der Waals surface area contributed by atoms with Gasteiger partial charge in [0.1, 0.15) is 5.60 Å². The molecule has 17 heavy (non-hydrogen) atoms. The van der Waals surface area contributed by atoms with Gasteiger partial charge in [-0.2, -0.15) is 0 Å². The van der Waals surface area contributed by atoms with E-state index in [0.717, 1.165) is 32.1 Å². The summed E-state index contributed by atoms with van der Waals surface area (Å²) in [5.74, 6) is 0. The van der Waals surface area contributed by atoms with Crippen molar-refractivity contribution in [3.8, 4) is 0 Å². The molecule has 4 nitrogen and oxygen atoms in total. The van der Waals surface area contributed by atoms with Gasteiger partial charge in [-0.3, -0.25) is 0 Å². The summed E-state index contributed by atoms with van der Waals surface area (Å²) in [5.41, 5.74) is 5.52. The number of nitrogens with two attached hydrogens (primary N) is 1. The third kappa shape index (κ3) is 3.35. The Balaban J connectivity index is 1.99. The molecule has 0 spiro atoms. The largest absolute Gasteiger partial charge is 0.444 e. The molecule has 2 saturated carbocycles. The highest BCUT2D eigenvalue weighted by atomic mass is 16.6. The molecular weight excluding hydrogens is 216 g/mol. The van der Waals surface area contributed by atoms with Gasteiger partial charge in [-0.25, -0.2) is 4.79 Å². The molecule has 0 aromatic carbocycles. The van der Waals surface area contributed by atoms with Crippen LogP contribution in [0.2, 0.25) is 0 Å². The molecule has 0 bridgehead atoms. The molecule has 98 valence electrons. The van der Waals surface area contributed by atoms with Gasteiger partial charge < -0.3 is 15.4 Å². The summed E-state index contributed by atoms with van der Waals surface area (Å²) in [5, 5.41) is 0. The van der Waals surface area contributed by atoms with E-state index < -0.39 is 5.60 Å². The SMILES string of the molecule is CC(C)(C)OC(=O)N(C1CC1)C1CCC(N)C1. The number of hydrogen-bond acceptors (Lipinski definition) is 3. The second kappa shape index (κ2) is 4.48. The Morgan fingerprint density at radius 2 is 1.76 bits per heavy atom. The average molecular weight is 240 g/mol. The lowest BCUT2D eigenvalue weighted by Gasteiger charge is -2.31. The molecule has 2 aliphatic carbocycles. The molecule has 2 fully saturated rings. The maximum atomic E-state index is 12.2. The van der Waals surface area contributed by atoms with Gasteiger partial charge in [0.05, 0.1) is 0 Å². The molecule has 2 aliphatic rings. The fraction of sp³-hybridized carbons (Fsp3) is 0.923. The lowest BCUT2D eigenvalue weighted by molar-refractivity contribution is 0.0144. The molecule has 0 aromatic heterocycles. The Labute approximate surface area is 103 Å². The van der Waals surface area contributed by atoms with Gasteiger partial charge in [0.15, 0.2) is 0 Å². The van der Waals surface area contributed by atoms with Gasteiger partial charge in [-0.05, 0) is 52.9 Å². The zero-order chi connectivity index (χ0) is 12.6. The first-order valence-electron chi connectivity index (χ1n) is 6.64. The van der Waals surface area contributed by atoms with Crippen molar-refractivity contribution < 1.29 is 9.53 Å². The maximum absolute atomic E-state index is 12.2. The first-order valence-corrected chi connectivity index (χ1v) is 6.64. The molecule has 0 radical (unpaired) electrons. The normalized spacial score (nSPS) is 29.2. The van der Waals surface area contributed by atoms with Gasteiger partial charge >= 0.3 is 6.09 Å². The molecule has 2 unspecified atom stereocenters. The van der Waals surface area contributed by atoms with Crippen molar-refractivity contribution in [2.75, 3.05) is 0 Å². The van der Waals surface area contributed by atoms with E-state index in [1.165, 1.54) is 0 Å². The minimum Gasteiger partial charge on any atom is -0.444 e. The number of ether oxygens (including phenoxy) is 1. The van der Waals surface area contributed by atoms with E-state index in [-0.39, 0.29) is 12.1 Å². The summed E-state index contributed by atoms with van der Waals surface area (Å²) in [6.45, 7) is 5.74. The van der Waals surface area contributed by atoms with E-state index in [2.05, 4.69) is 0 Å². The van der Waals surface area contributed by atoms with Crippen molar-refractivity contribution >= 4 is 6.09 Å². The van der Waals surface area contributed by atoms with Crippen LogP contribution in [0, 0.1) is 0 Å². The monoisotopic (exact) mass is 240 g/mol. The Hall–Kier alpha value is -0.770. The van der Waals surface area contributed by atoms with Crippen LogP contribution >= 0.6 is 0 Å². The van der Waals surface area contributed by atoms with Crippen LogP contribution in [0.1, 0.15) is 52.9 Å². The third-order valence-electron chi connectivity index (χ3n) is 3.38. The van der Waals surface area contributed by atoms with E-state index in [0.29, 0.717) is 12.1 Å². The Morgan fingerprint density at radius 1 is 1.18 bits per heavy atom. The quantitative estimate of drug-likeness (QED) is 0.805. The molecule has 0 heterocycles. The molecule has 0 aliphatic heterocycles. The smallest absolute Gasteiger partial charge is 0.410 e. The van der Waals surface area contributed by atoms with Crippen LogP contribution in [0.25, 0.3) is 0 Å². The zero-order valence-corrected chi connectivity index (χ0v) is 11.1. The van der Waals surface area contributed by atoms with Crippen molar-refractivity contribution in [3.05, 3.63) is 0 Å². The standard InChI is InChI=1S/C13H24N2O2/c1-13(2,3)17-12(16)15(10-6-7-10)11-5-4-9(14)8-11/h9-11H,4-8,14H2,1-3H3. The molecule has 2 rings (SSSR count). The molecule has 1 amide bonds. The van der Waals surface area contributed by atoms with Crippen LogP contribution in [0.5, 0.6) is 0 Å². The molecule has 0 aromatic rings. The van der Waals surface area contributed by atoms with Crippen molar-refractivity contribution in [3.63, 3.8) is 0 Å². The molecular formula is C13H24N2O2. The second-order valence-electron chi connectivity index (χ2n) is 6.35. The van der Waals surface area contributed by atoms with Crippen LogP contribution in [0.4, 0.5) is 4.79 Å². The Kier molecular flexibility index (Phi) is 3.34. The molecule has 4 heteroatoms. The van der Waals surface area contributed by atoms with Gasteiger partial charge in [-0.1, -0.05) is 0 Å².